The summed E-state index contributed by atoms with van der Waals surface area (Å²) >= 11 is 5.85. The number of nitrogens with zero attached hydrogens (tertiary/aromatic N) is 2. The summed E-state index contributed by atoms with van der Waals surface area (Å²) in [6.45, 7) is 1.44. The molecule has 0 spiro atoms. The third-order valence-electron chi connectivity index (χ3n) is 6.39. The Morgan fingerprint density at radius 1 is 1.11 bits per heavy atom. The van der Waals surface area contributed by atoms with Gasteiger partial charge in [-0.05, 0) is 43.4 Å². The number of halogens is 1. The van der Waals surface area contributed by atoms with Crippen LogP contribution in [-0.4, -0.2) is 58.5 Å². The molecule has 1 aliphatic carbocycles. The fraction of sp³-hybridized carbons (Fsp3) is 0.440. The summed E-state index contributed by atoms with van der Waals surface area (Å²) in [6, 6.07) is 3.18. The highest BCUT2D eigenvalue weighted by molar-refractivity contribution is 6.30. The number of rotatable bonds is 8. The van der Waals surface area contributed by atoms with E-state index in [0.29, 0.717) is 36.0 Å². The summed E-state index contributed by atoms with van der Waals surface area (Å²) in [6.07, 6.45) is 10.8. The second kappa shape index (κ2) is 11.5. The number of aliphatic hydroxyl groups excluding tert-OH is 1. The predicted octanol–water partition coefficient (Wildman–Crippen LogP) is 2.54. The number of amides is 3. The molecule has 0 radical (unpaired) electrons. The standard InChI is InChI=1S/C25H29ClN4O5/c26-17-8-9-20(27-14-17)28-25(34)24-23(18-4-1-2-5-19(18)35-24)29-21(32)6-3-7-22(33)30-12-10-16(15-31)11-13-30/h1-2,4-5,8-9,14,16,18-19,31H,3,6-7,10-13,15H2,(H,29,32)(H,27,28,34). The maximum Gasteiger partial charge on any atom is 0.293 e. The summed E-state index contributed by atoms with van der Waals surface area (Å²) < 4.78 is 5.86. The number of carbonyl (C=O) groups excluding carboxylic acids is 3. The van der Waals surface area contributed by atoms with Crippen LogP contribution < -0.4 is 10.6 Å². The van der Waals surface area contributed by atoms with Crippen molar-refractivity contribution < 1.29 is 24.2 Å². The van der Waals surface area contributed by atoms with Crippen molar-refractivity contribution in [2.75, 3.05) is 25.0 Å². The van der Waals surface area contributed by atoms with E-state index in [1.54, 1.807) is 17.0 Å². The van der Waals surface area contributed by atoms with Gasteiger partial charge in [0.2, 0.25) is 17.6 Å². The number of carbonyl (C=O) groups is 3. The van der Waals surface area contributed by atoms with Crippen LogP contribution in [0.25, 0.3) is 0 Å². The lowest BCUT2D eigenvalue weighted by molar-refractivity contribution is -0.133. The number of ether oxygens (including phenoxy) is 1. The number of likely N-dealkylation sites (tertiary alicyclic amines) is 1. The zero-order valence-electron chi connectivity index (χ0n) is 19.3. The lowest BCUT2D eigenvalue weighted by atomic mass is 9.95. The average molecular weight is 501 g/mol. The summed E-state index contributed by atoms with van der Waals surface area (Å²) in [5.74, 6) is -0.471. The van der Waals surface area contributed by atoms with Crippen LogP contribution in [-0.2, 0) is 19.1 Å². The van der Waals surface area contributed by atoms with Gasteiger partial charge in [0, 0.05) is 38.7 Å². The molecule has 1 aromatic rings. The molecule has 0 saturated carbocycles. The molecule has 2 atom stereocenters. The zero-order chi connectivity index (χ0) is 24.8. The van der Waals surface area contributed by atoms with E-state index in [1.165, 1.54) is 6.20 Å². The van der Waals surface area contributed by atoms with Crippen molar-refractivity contribution in [3.63, 3.8) is 0 Å². The molecule has 3 heterocycles. The van der Waals surface area contributed by atoms with Gasteiger partial charge in [0.25, 0.3) is 5.91 Å². The largest absolute Gasteiger partial charge is 0.478 e. The van der Waals surface area contributed by atoms with Crippen LogP contribution in [0.5, 0.6) is 0 Å². The summed E-state index contributed by atoms with van der Waals surface area (Å²) in [5.41, 5.74) is 0.393. The van der Waals surface area contributed by atoms with Gasteiger partial charge in [-0.25, -0.2) is 4.98 Å². The van der Waals surface area contributed by atoms with Crippen LogP contribution >= 0.6 is 11.6 Å². The number of nitrogens with one attached hydrogen (secondary N) is 2. The van der Waals surface area contributed by atoms with Crippen LogP contribution in [0.15, 0.2) is 54.1 Å². The second-order valence-electron chi connectivity index (χ2n) is 8.85. The monoisotopic (exact) mass is 500 g/mol. The molecule has 1 fully saturated rings. The summed E-state index contributed by atoms with van der Waals surface area (Å²) in [5, 5.41) is 15.2. The van der Waals surface area contributed by atoms with Gasteiger partial charge < -0.3 is 25.4 Å². The Labute approximate surface area is 208 Å². The molecule has 0 bridgehead atoms. The Morgan fingerprint density at radius 3 is 2.60 bits per heavy atom. The van der Waals surface area contributed by atoms with Crippen LogP contribution in [0.3, 0.4) is 0 Å². The van der Waals surface area contributed by atoms with Crippen molar-refractivity contribution in [3.05, 3.63) is 59.1 Å². The van der Waals surface area contributed by atoms with E-state index in [-0.39, 0.29) is 48.9 Å². The van der Waals surface area contributed by atoms with Gasteiger partial charge in [-0.3, -0.25) is 14.4 Å². The SMILES string of the molecule is O=C(CCCC(=O)N1CCC(CO)CC1)NC1=C(C(=O)Nc2ccc(Cl)cn2)OC2C=CC=CC12. The lowest BCUT2D eigenvalue weighted by Gasteiger charge is -2.31. The number of hydrogen-bond donors (Lipinski definition) is 3. The van der Waals surface area contributed by atoms with Crippen molar-refractivity contribution in [2.24, 2.45) is 11.8 Å². The number of allylic oxidation sites excluding steroid dienone is 2. The molecule has 0 aromatic carbocycles. The summed E-state index contributed by atoms with van der Waals surface area (Å²) in [7, 11) is 0. The van der Waals surface area contributed by atoms with Crippen LogP contribution in [0, 0.1) is 11.8 Å². The first-order valence-corrected chi connectivity index (χ1v) is 12.2. The van der Waals surface area contributed by atoms with E-state index in [0.717, 1.165) is 12.8 Å². The number of fused-ring (bicyclic) bond motifs is 1. The molecule has 9 nitrogen and oxygen atoms in total. The van der Waals surface area contributed by atoms with E-state index >= 15 is 0 Å². The molecule has 3 amide bonds. The van der Waals surface area contributed by atoms with E-state index in [9.17, 15) is 19.5 Å². The van der Waals surface area contributed by atoms with Crippen molar-refractivity contribution in [2.45, 2.75) is 38.2 Å². The molecular weight excluding hydrogens is 472 g/mol. The third kappa shape index (κ3) is 6.29. The van der Waals surface area contributed by atoms with E-state index < -0.39 is 12.0 Å². The quantitative estimate of drug-likeness (QED) is 0.504. The van der Waals surface area contributed by atoms with E-state index in [2.05, 4.69) is 15.6 Å². The zero-order valence-corrected chi connectivity index (χ0v) is 20.0. The predicted molar refractivity (Wildman–Crippen MR) is 130 cm³/mol. The smallest absolute Gasteiger partial charge is 0.293 e. The normalized spacial score (nSPS) is 21.5. The van der Waals surface area contributed by atoms with Crippen LogP contribution in [0.4, 0.5) is 5.82 Å². The van der Waals surface area contributed by atoms with Gasteiger partial charge in [0.05, 0.1) is 16.6 Å². The molecule has 35 heavy (non-hydrogen) atoms. The topological polar surface area (TPSA) is 121 Å². The Morgan fingerprint density at radius 2 is 1.89 bits per heavy atom. The number of anilines is 1. The Balaban J connectivity index is 1.34. The van der Waals surface area contributed by atoms with Gasteiger partial charge in [-0.2, -0.15) is 0 Å². The van der Waals surface area contributed by atoms with Crippen molar-refractivity contribution in [3.8, 4) is 0 Å². The maximum atomic E-state index is 12.9. The molecule has 2 aliphatic heterocycles. The van der Waals surface area contributed by atoms with Crippen LogP contribution in [0.2, 0.25) is 5.02 Å². The second-order valence-corrected chi connectivity index (χ2v) is 9.28. The number of pyridine rings is 1. The van der Waals surface area contributed by atoms with E-state index in [4.69, 9.17) is 16.3 Å². The van der Waals surface area contributed by atoms with Gasteiger partial charge in [-0.15, -0.1) is 0 Å². The fourth-order valence-corrected chi connectivity index (χ4v) is 4.50. The minimum Gasteiger partial charge on any atom is -0.478 e. The van der Waals surface area contributed by atoms with E-state index in [1.807, 2.05) is 24.3 Å². The Kier molecular flexibility index (Phi) is 8.20. The molecular formula is C25H29ClN4O5. The van der Waals surface area contributed by atoms with Crippen molar-refractivity contribution in [1.29, 1.82) is 0 Å². The minimum atomic E-state index is -0.521. The molecule has 3 N–H and O–H groups in total. The number of aliphatic hydroxyl groups is 1. The first kappa shape index (κ1) is 24.9. The number of aromatic nitrogens is 1. The highest BCUT2D eigenvalue weighted by Crippen LogP contribution is 2.34. The minimum absolute atomic E-state index is 0.0218. The van der Waals surface area contributed by atoms with Gasteiger partial charge in [0.15, 0.2) is 0 Å². The average Bonchev–Trinajstić information content (AvgIpc) is 3.24. The lowest BCUT2D eigenvalue weighted by Crippen LogP contribution is -2.39. The Bertz CT molecular complexity index is 1040. The molecule has 10 heteroatoms. The maximum absolute atomic E-state index is 12.9. The number of piperidine rings is 1. The molecule has 2 unspecified atom stereocenters. The first-order valence-electron chi connectivity index (χ1n) is 11.8. The fourth-order valence-electron chi connectivity index (χ4n) is 4.39. The van der Waals surface area contributed by atoms with Gasteiger partial charge in [0.1, 0.15) is 11.9 Å². The molecule has 186 valence electrons. The number of hydrogen-bond acceptors (Lipinski definition) is 6. The van der Waals surface area contributed by atoms with Gasteiger partial charge >= 0.3 is 0 Å². The van der Waals surface area contributed by atoms with Gasteiger partial charge in [-0.1, -0.05) is 29.8 Å². The molecule has 1 saturated heterocycles. The highest BCUT2D eigenvalue weighted by atomic mass is 35.5. The molecule has 4 rings (SSSR count). The molecule has 3 aliphatic rings. The summed E-state index contributed by atoms with van der Waals surface area (Å²) in [4.78, 5) is 44.0. The Hall–Kier alpha value is -3.17. The highest BCUT2D eigenvalue weighted by Gasteiger charge is 2.38. The first-order chi connectivity index (χ1) is 16.9. The third-order valence-corrected chi connectivity index (χ3v) is 6.61. The van der Waals surface area contributed by atoms with Crippen molar-refractivity contribution >= 4 is 35.1 Å². The van der Waals surface area contributed by atoms with Crippen LogP contribution in [0.1, 0.15) is 32.1 Å². The van der Waals surface area contributed by atoms with Crippen molar-refractivity contribution in [1.82, 2.24) is 15.2 Å². The molecule has 1 aromatic heterocycles.